The van der Waals surface area contributed by atoms with Gasteiger partial charge < -0.3 is 16.0 Å². The summed E-state index contributed by atoms with van der Waals surface area (Å²) in [6.45, 7) is 13.6. The van der Waals surface area contributed by atoms with Crippen LogP contribution >= 0.6 is 0 Å². The lowest BCUT2D eigenvalue weighted by Crippen LogP contribution is -2.44. The summed E-state index contributed by atoms with van der Waals surface area (Å²) >= 11 is 0. The van der Waals surface area contributed by atoms with Gasteiger partial charge in [0.25, 0.3) is 0 Å². The summed E-state index contributed by atoms with van der Waals surface area (Å²) in [5.74, 6) is 0.843. The highest BCUT2D eigenvalue weighted by Crippen LogP contribution is 2.21. The van der Waals surface area contributed by atoms with Gasteiger partial charge >= 0.3 is 0 Å². The number of aliphatic imine (C=N–C) groups is 1. The van der Waals surface area contributed by atoms with Crippen molar-refractivity contribution in [2.45, 2.75) is 79.3 Å². The molecule has 0 aromatic heterocycles. The summed E-state index contributed by atoms with van der Waals surface area (Å²) in [4.78, 5) is 15.9. The number of nitrogens with one attached hydrogen (secondary N) is 3. The molecule has 0 radical (unpaired) electrons. The molecule has 0 aliphatic rings. The van der Waals surface area contributed by atoms with Crippen LogP contribution in [0.1, 0.15) is 67.2 Å². The lowest BCUT2D eigenvalue weighted by atomic mass is 9.89. The van der Waals surface area contributed by atoms with E-state index in [1.54, 1.807) is 7.05 Å². The number of carbonyl (C=O) groups excluding carboxylic acids is 1. The van der Waals surface area contributed by atoms with Crippen molar-refractivity contribution < 1.29 is 4.79 Å². The Labute approximate surface area is 136 Å². The second-order valence-electron chi connectivity index (χ2n) is 7.27. The third-order valence-electron chi connectivity index (χ3n) is 3.60. The van der Waals surface area contributed by atoms with Crippen molar-refractivity contribution in [3.8, 4) is 0 Å². The molecule has 0 saturated heterocycles. The van der Waals surface area contributed by atoms with Crippen molar-refractivity contribution in [2.24, 2.45) is 10.4 Å². The van der Waals surface area contributed by atoms with E-state index in [9.17, 15) is 4.79 Å². The molecular weight excluding hydrogens is 276 g/mol. The molecule has 0 rings (SSSR count). The topological polar surface area (TPSA) is 65.5 Å². The molecule has 2 unspecified atom stereocenters. The van der Waals surface area contributed by atoms with Crippen LogP contribution in [0.3, 0.4) is 0 Å². The van der Waals surface area contributed by atoms with E-state index in [0.717, 1.165) is 25.2 Å². The minimum atomic E-state index is 0.0816. The Hall–Kier alpha value is -1.26. The van der Waals surface area contributed by atoms with Crippen molar-refractivity contribution in [1.29, 1.82) is 0 Å². The molecule has 22 heavy (non-hydrogen) atoms. The third kappa shape index (κ3) is 11.4. The number of hydrogen-bond acceptors (Lipinski definition) is 2. The van der Waals surface area contributed by atoms with Gasteiger partial charge in [-0.25, -0.2) is 0 Å². The number of carbonyl (C=O) groups is 1. The quantitative estimate of drug-likeness (QED) is 0.477. The van der Waals surface area contributed by atoms with Crippen molar-refractivity contribution >= 4 is 11.9 Å². The van der Waals surface area contributed by atoms with Crippen LogP contribution in [0.2, 0.25) is 0 Å². The van der Waals surface area contributed by atoms with Crippen LogP contribution in [0.5, 0.6) is 0 Å². The molecule has 0 heterocycles. The van der Waals surface area contributed by atoms with Gasteiger partial charge in [0.2, 0.25) is 5.91 Å². The summed E-state index contributed by atoms with van der Waals surface area (Å²) in [7, 11) is 1.75. The Morgan fingerprint density at radius 2 is 1.77 bits per heavy atom. The normalized spacial score (nSPS) is 15.1. The summed E-state index contributed by atoms with van der Waals surface area (Å²) in [6.07, 6.45) is 3.67. The Morgan fingerprint density at radius 1 is 1.14 bits per heavy atom. The van der Waals surface area contributed by atoms with Crippen LogP contribution in [0.25, 0.3) is 0 Å². The number of rotatable bonds is 8. The molecule has 0 aliphatic heterocycles. The van der Waals surface area contributed by atoms with Gasteiger partial charge in [0.15, 0.2) is 5.96 Å². The lowest BCUT2D eigenvalue weighted by molar-refractivity contribution is -0.121. The standard InChI is InChI=1S/C17H36N4O/c1-8-13(2)20-15(22)10-12-19-16(18-7)21-14(3)9-11-17(4,5)6/h13-14H,8-12H2,1-7H3,(H,20,22)(H2,18,19,21). The number of guanidine groups is 1. The zero-order chi connectivity index (χ0) is 17.2. The van der Waals surface area contributed by atoms with Crippen LogP contribution in [-0.2, 0) is 4.79 Å². The monoisotopic (exact) mass is 312 g/mol. The Balaban J connectivity index is 4.00. The highest BCUT2D eigenvalue weighted by atomic mass is 16.1. The highest BCUT2D eigenvalue weighted by Gasteiger charge is 2.13. The zero-order valence-corrected chi connectivity index (χ0v) is 15.5. The van der Waals surface area contributed by atoms with E-state index in [1.165, 1.54) is 0 Å². The molecule has 1 amide bonds. The molecule has 0 aromatic rings. The average Bonchev–Trinajstić information content (AvgIpc) is 2.43. The van der Waals surface area contributed by atoms with Crippen LogP contribution in [0.15, 0.2) is 4.99 Å². The van der Waals surface area contributed by atoms with Gasteiger partial charge in [-0.3, -0.25) is 9.79 Å². The lowest BCUT2D eigenvalue weighted by Gasteiger charge is -2.23. The van der Waals surface area contributed by atoms with E-state index >= 15 is 0 Å². The van der Waals surface area contributed by atoms with Gasteiger partial charge in [-0.1, -0.05) is 27.7 Å². The van der Waals surface area contributed by atoms with Crippen molar-refractivity contribution in [3.63, 3.8) is 0 Å². The Morgan fingerprint density at radius 3 is 2.27 bits per heavy atom. The molecule has 5 nitrogen and oxygen atoms in total. The minimum absolute atomic E-state index is 0.0816. The summed E-state index contributed by atoms with van der Waals surface area (Å²) in [5.41, 5.74) is 0.348. The van der Waals surface area contributed by atoms with E-state index in [-0.39, 0.29) is 11.9 Å². The summed E-state index contributed by atoms with van der Waals surface area (Å²) in [5, 5.41) is 9.53. The predicted octanol–water partition coefficient (Wildman–Crippen LogP) is 2.67. The van der Waals surface area contributed by atoms with Crippen LogP contribution in [0, 0.1) is 5.41 Å². The second kappa shape index (κ2) is 10.5. The molecule has 0 fully saturated rings. The smallest absolute Gasteiger partial charge is 0.221 e. The predicted molar refractivity (Wildman–Crippen MR) is 95.2 cm³/mol. The van der Waals surface area contributed by atoms with E-state index in [4.69, 9.17) is 0 Å². The van der Waals surface area contributed by atoms with Gasteiger partial charge in [-0.15, -0.1) is 0 Å². The third-order valence-corrected chi connectivity index (χ3v) is 3.60. The fraction of sp³-hybridized carbons (Fsp3) is 0.882. The van der Waals surface area contributed by atoms with Crippen LogP contribution in [0.4, 0.5) is 0 Å². The highest BCUT2D eigenvalue weighted by molar-refractivity contribution is 5.81. The molecule has 0 bridgehead atoms. The SMILES string of the molecule is CCC(C)NC(=O)CCNC(=NC)NC(C)CCC(C)(C)C. The Bertz CT molecular complexity index is 347. The molecule has 0 spiro atoms. The first-order valence-corrected chi connectivity index (χ1v) is 8.44. The number of amides is 1. The van der Waals surface area contributed by atoms with E-state index < -0.39 is 0 Å². The van der Waals surface area contributed by atoms with E-state index in [0.29, 0.717) is 24.4 Å². The van der Waals surface area contributed by atoms with Gasteiger partial charge in [0.05, 0.1) is 0 Å². The molecule has 0 aliphatic carbocycles. The first-order valence-electron chi connectivity index (χ1n) is 8.44. The first-order chi connectivity index (χ1) is 10.2. The minimum Gasteiger partial charge on any atom is -0.356 e. The molecular formula is C17H36N4O. The number of hydrogen-bond donors (Lipinski definition) is 3. The van der Waals surface area contributed by atoms with Gasteiger partial charge in [0, 0.05) is 32.1 Å². The first kappa shape index (κ1) is 20.7. The van der Waals surface area contributed by atoms with E-state index in [2.05, 4.69) is 55.6 Å². The molecule has 130 valence electrons. The van der Waals surface area contributed by atoms with Crippen molar-refractivity contribution in [3.05, 3.63) is 0 Å². The fourth-order valence-electron chi connectivity index (χ4n) is 1.89. The van der Waals surface area contributed by atoms with Gasteiger partial charge in [0.1, 0.15) is 0 Å². The van der Waals surface area contributed by atoms with Gasteiger partial charge in [-0.2, -0.15) is 0 Å². The maximum Gasteiger partial charge on any atom is 0.221 e. The molecule has 5 heteroatoms. The molecule has 0 saturated carbocycles. The maximum absolute atomic E-state index is 11.7. The van der Waals surface area contributed by atoms with Gasteiger partial charge in [-0.05, 0) is 38.5 Å². The zero-order valence-electron chi connectivity index (χ0n) is 15.5. The molecule has 2 atom stereocenters. The average molecular weight is 313 g/mol. The van der Waals surface area contributed by atoms with Crippen LogP contribution < -0.4 is 16.0 Å². The second-order valence-corrected chi connectivity index (χ2v) is 7.27. The van der Waals surface area contributed by atoms with Crippen molar-refractivity contribution in [1.82, 2.24) is 16.0 Å². The van der Waals surface area contributed by atoms with Crippen molar-refractivity contribution in [2.75, 3.05) is 13.6 Å². The van der Waals surface area contributed by atoms with Crippen LogP contribution in [-0.4, -0.2) is 37.5 Å². The molecule has 3 N–H and O–H groups in total. The largest absolute Gasteiger partial charge is 0.356 e. The fourth-order valence-corrected chi connectivity index (χ4v) is 1.89. The number of nitrogens with zero attached hydrogens (tertiary/aromatic N) is 1. The molecule has 0 aromatic carbocycles. The van der Waals surface area contributed by atoms with E-state index in [1.807, 2.05) is 6.92 Å². The Kier molecular flexibility index (Phi) is 9.86. The summed E-state index contributed by atoms with van der Waals surface area (Å²) in [6, 6.07) is 0.599. The summed E-state index contributed by atoms with van der Waals surface area (Å²) < 4.78 is 0. The maximum atomic E-state index is 11.7.